The fourth-order valence-corrected chi connectivity index (χ4v) is 4.07. The summed E-state index contributed by atoms with van der Waals surface area (Å²) in [6.07, 6.45) is 1.15. The smallest absolute Gasteiger partial charge is 0.161 e. The summed E-state index contributed by atoms with van der Waals surface area (Å²) in [4.78, 5) is 2.56. The average Bonchev–Trinajstić information content (AvgIpc) is 2.94. The van der Waals surface area contributed by atoms with E-state index in [0.29, 0.717) is 13.2 Å². The summed E-state index contributed by atoms with van der Waals surface area (Å²) in [5.74, 6) is 1.64. The van der Waals surface area contributed by atoms with Crippen LogP contribution in [0.1, 0.15) is 37.4 Å². The van der Waals surface area contributed by atoms with Gasteiger partial charge in [0.2, 0.25) is 0 Å². The minimum Gasteiger partial charge on any atom is -0.490 e. The van der Waals surface area contributed by atoms with Gasteiger partial charge < -0.3 is 14.8 Å². The minimum absolute atomic E-state index is 0.192. The third kappa shape index (κ3) is 5.24. The van der Waals surface area contributed by atoms with Gasteiger partial charge in [-0.2, -0.15) is 0 Å². The lowest BCUT2D eigenvalue weighted by molar-refractivity contribution is 0.239. The highest BCUT2D eigenvalue weighted by atomic mass is 79.9. The standard InChI is InChI=1S/C22H29BrN2O2/c1-3-26-20-10-9-18(16-21(20)27-4-2)22(17-7-5-8-19(23)15-17)25-13-6-11-24-12-14-25/h5,7-10,15-16,22,24H,3-4,6,11-14H2,1-2H3. The molecule has 5 heteroatoms. The summed E-state index contributed by atoms with van der Waals surface area (Å²) in [5.41, 5.74) is 2.53. The summed E-state index contributed by atoms with van der Waals surface area (Å²) >= 11 is 3.64. The number of hydrogen-bond acceptors (Lipinski definition) is 4. The van der Waals surface area contributed by atoms with Crippen LogP contribution in [0.15, 0.2) is 46.9 Å². The van der Waals surface area contributed by atoms with E-state index in [-0.39, 0.29) is 6.04 Å². The van der Waals surface area contributed by atoms with E-state index < -0.39 is 0 Å². The zero-order chi connectivity index (χ0) is 19.1. The monoisotopic (exact) mass is 432 g/mol. The summed E-state index contributed by atoms with van der Waals surface area (Å²) in [7, 11) is 0. The van der Waals surface area contributed by atoms with Crippen LogP contribution in [-0.2, 0) is 0 Å². The molecule has 1 unspecified atom stereocenters. The van der Waals surface area contributed by atoms with Crippen LogP contribution in [0.2, 0.25) is 0 Å². The van der Waals surface area contributed by atoms with E-state index in [4.69, 9.17) is 9.47 Å². The molecule has 4 nitrogen and oxygen atoms in total. The van der Waals surface area contributed by atoms with Gasteiger partial charge in [0.25, 0.3) is 0 Å². The summed E-state index contributed by atoms with van der Waals surface area (Å²) in [5, 5.41) is 3.51. The normalized spacial score (nSPS) is 16.6. The first-order valence-corrected chi connectivity index (χ1v) is 10.6. The lowest BCUT2D eigenvalue weighted by atomic mass is 9.96. The predicted octanol–water partition coefficient (Wildman–Crippen LogP) is 4.63. The van der Waals surface area contributed by atoms with Crippen LogP contribution < -0.4 is 14.8 Å². The van der Waals surface area contributed by atoms with E-state index in [9.17, 15) is 0 Å². The lowest BCUT2D eigenvalue weighted by Gasteiger charge is -2.32. The highest BCUT2D eigenvalue weighted by Crippen LogP contribution is 2.36. The average molecular weight is 433 g/mol. The quantitative estimate of drug-likeness (QED) is 0.691. The van der Waals surface area contributed by atoms with E-state index in [2.05, 4.69) is 62.5 Å². The molecule has 1 N–H and O–H groups in total. The van der Waals surface area contributed by atoms with Crippen LogP contribution in [0.5, 0.6) is 11.5 Å². The second-order valence-corrected chi connectivity index (χ2v) is 7.58. The molecule has 1 saturated heterocycles. The molecule has 2 aromatic carbocycles. The van der Waals surface area contributed by atoms with Gasteiger partial charge in [0.15, 0.2) is 11.5 Å². The molecule has 27 heavy (non-hydrogen) atoms. The van der Waals surface area contributed by atoms with Gasteiger partial charge in [-0.15, -0.1) is 0 Å². The van der Waals surface area contributed by atoms with Gasteiger partial charge in [0.05, 0.1) is 19.3 Å². The second-order valence-electron chi connectivity index (χ2n) is 6.67. The number of ether oxygens (including phenoxy) is 2. The molecule has 2 aromatic rings. The largest absolute Gasteiger partial charge is 0.490 e. The Hall–Kier alpha value is -1.56. The Labute approximate surface area is 171 Å². The zero-order valence-electron chi connectivity index (χ0n) is 16.2. The van der Waals surface area contributed by atoms with Crippen molar-refractivity contribution in [2.45, 2.75) is 26.3 Å². The third-order valence-electron chi connectivity index (χ3n) is 4.79. The van der Waals surface area contributed by atoms with E-state index in [0.717, 1.165) is 48.6 Å². The maximum atomic E-state index is 5.89. The molecule has 0 radical (unpaired) electrons. The van der Waals surface area contributed by atoms with Gasteiger partial charge in [0, 0.05) is 24.1 Å². The van der Waals surface area contributed by atoms with Crippen molar-refractivity contribution in [3.05, 3.63) is 58.1 Å². The number of benzene rings is 2. The van der Waals surface area contributed by atoms with Gasteiger partial charge in [-0.05, 0) is 62.2 Å². The van der Waals surface area contributed by atoms with Crippen molar-refractivity contribution in [3.63, 3.8) is 0 Å². The second kappa shape index (κ2) is 10.1. The van der Waals surface area contributed by atoms with Gasteiger partial charge in [-0.3, -0.25) is 4.90 Å². The minimum atomic E-state index is 0.192. The van der Waals surface area contributed by atoms with Crippen molar-refractivity contribution >= 4 is 15.9 Å². The highest BCUT2D eigenvalue weighted by molar-refractivity contribution is 9.10. The Balaban J connectivity index is 2.02. The molecule has 1 heterocycles. The van der Waals surface area contributed by atoms with Gasteiger partial charge in [-0.1, -0.05) is 34.1 Å². The molecular weight excluding hydrogens is 404 g/mol. The van der Waals surface area contributed by atoms with E-state index in [1.165, 1.54) is 11.1 Å². The van der Waals surface area contributed by atoms with Crippen molar-refractivity contribution in [2.24, 2.45) is 0 Å². The maximum absolute atomic E-state index is 5.89. The molecule has 0 saturated carbocycles. The van der Waals surface area contributed by atoms with Crippen molar-refractivity contribution in [3.8, 4) is 11.5 Å². The fraction of sp³-hybridized carbons (Fsp3) is 0.455. The van der Waals surface area contributed by atoms with Crippen molar-refractivity contribution in [2.75, 3.05) is 39.4 Å². The first-order valence-electron chi connectivity index (χ1n) is 9.82. The van der Waals surface area contributed by atoms with Crippen molar-refractivity contribution < 1.29 is 9.47 Å². The van der Waals surface area contributed by atoms with E-state index in [1.54, 1.807) is 0 Å². The van der Waals surface area contributed by atoms with Crippen LogP contribution >= 0.6 is 15.9 Å². The zero-order valence-corrected chi connectivity index (χ0v) is 17.8. The Morgan fingerprint density at radius 1 is 0.963 bits per heavy atom. The first-order chi connectivity index (χ1) is 13.2. The fourth-order valence-electron chi connectivity index (χ4n) is 3.65. The number of nitrogens with zero attached hydrogens (tertiary/aromatic N) is 1. The number of rotatable bonds is 7. The lowest BCUT2D eigenvalue weighted by Crippen LogP contribution is -2.33. The Bertz CT molecular complexity index is 730. The molecule has 1 atom stereocenters. The Morgan fingerprint density at radius 3 is 2.52 bits per heavy atom. The van der Waals surface area contributed by atoms with Crippen LogP contribution in [0, 0.1) is 0 Å². The molecule has 1 aliphatic rings. The number of halogens is 1. The topological polar surface area (TPSA) is 33.7 Å². The highest BCUT2D eigenvalue weighted by Gasteiger charge is 2.24. The third-order valence-corrected chi connectivity index (χ3v) is 5.28. The summed E-state index contributed by atoms with van der Waals surface area (Å²) in [6, 6.07) is 15.2. The van der Waals surface area contributed by atoms with Crippen molar-refractivity contribution in [1.29, 1.82) is 0 Å². The van der Waals surface area contributed by atoms with Gasteiger partial charge in [0.1, 0.15) is 0 Å². The van der Waals surface area contributed by atoms with Crippen LogP contribution in [-0.4, -0.2) is 44.3 Å². The van der Waals surface area contributed by atoms with Crippen molar-refractivity contribution in [1.82, 2.24) is 10.2 Å². The molecule has 1 fully saturated rings. The first kappa shape index (κ1) is 20.2. The summed E-state index contributed by atoms with van der Waals surface area (Å²) < 4.78 is 12.8. The molecule has 0 aliphatic carbocycles. The Kier molecular flexibility index (Phi) is 7.56. The van der Waals surface area contributed by atoms with E-state index in [1.807, 2.05) is 19.9 Å². The molecule has 0 bridgehead atoms. The molecule has 1 aliphatic heterocycles. The molecule has 146 valence electrons. The number of nitrogens with one attached hydrogen (secondary N) is 1. The Morgan fingerprint density at radius 2 is 1.74 bits per heavy atom. The van der Waals surface area contributed by atoms with Crippen LogP contribution in [0.25, 0.3) is 0 Å². The molecule has 0 amide bonds. The molecule has 3 rings (SSSR count). The van der Waals surface area contributed by atoms with Gasteiger partial charge >= 0.3 is 0 Å². The molecule has 0 spiro atoms. The predicted molar refractivity (Wildman–Crippen MR) is 114 cm³/mol. The van der Waals surface area contributed by atoms with Crippen LogP contribution in [0.3, 0.4) is 0 Å². The molecule has 0 aromatic heterocycles. The summed E-state index contributed by atoms with van der Waals surface area (Å²) in [6.45, 7) is 9.45. The molecular formula is C22H29BrN2O2. The van der Waals surface area contributed by atoms with Gasteiger partial charge in [-0.25, -0.2) is 0 Å². The van der Waals surface area contributed by atoms with E-state index >= 15 is 0 Å². The SMILES string of the molecule is CCOc1ccc(C(c2cccc(Br)c2)N2CCCNCC2)cc1OCC. The van der Waals surface area contributed by atoms with Crippen LogP contribution in [0.4, 0.5) is 0 Å². The number of hydrogen-bond donors (Lipinski definition) is 1. The maximum Gasteiger partial charge on any atom is 0.161 e.